The lowest BCUT2D eigenvalue weighted by Crippen LogP contribution is -2.13. The number of carbonyl (C=O) groups excluding carboxylic acids is 1. The molecular weight excluding hydrogens is 456 g/mol. The standard InChI is InChI=1S/C29H18N2O3S/c32-27(30-23-12-3-2-11-21(23)28-31-24-13-4-6-15-26(24)35-28)20-10-7-9-18(16-20)22-17-19-8-1-5-14-25(19)34-29(22)33/h1-17H,(H,30,32). The number of thiazole rings is 1. The molecule has 6 heteroatoms. The van der Waals surface area contributed by atoms with E-state index in [2.05, 4.69) is 5.32 Å². The first-order chi connectivity index (χ1) is 17.2. The normalized spacial score (nSPS) is 11.1. The van der Waals surface area contributed by atoms with Gasteiger partial charge in [0.15, 0.2) is 0 Å². The third-order valence-electron chi connectivity index (χ3n) is 5.78. The van der Waals surface area contributed by atoms with Gasteiger partial charge in [-0.15, -0.1) is 11.3 Å². The molecule has 0 aliphatic rings. The quantitative estimate of drug-likeness (QED) is 0.280. The van der Waals surface area contributed by atoms with E-state index in [1.54, 1.807) is 47.7 Å². The number of aromatic nitrogens is 1. The minimum absolute atomic E-state index is 0.273. The molecule has 5 nitrogen and oxygen atoms in total. The van der Waals surface area contributed by atoms with Crippen molar-refractivity contribution in [3.05, 3.63) is 119 Å². The van der Waals surface area contributed by atoms with Crippen LogP contribution < -0.4 is 10.9 Å². The second-order valence-corrected chi connectivity index (χ2v) is 9.08. The number of para-hydroxylation sites is 3. The minimum Gasteiger partial charge on any atom is -0.422 e. The van der Waals surface area contributed by atoms with Crippen LogP contribution in [0, 0.1) is 0 Å². The summed E-state index contributed by atoms with van der Waals surface area (Å²) in [5.41, 5.74) is 4.01. The summed E-state index contributed by atoms with van der Waals surface area (Å²) in [6.07, 6.45) is 0. The van der Waals surface area contributed by atoms with Crippen LogP contribution in [0.1, 0.15) is 10.4 Å². The van der Waals surface area contributed by atoms with Crippen molar-refractivity contribution in [1.29, 1.82) is 0 Å². The number of hydrogen-bond acceptors (Lipinski definition) is 5. The summed E-state index contributed by atoms with van der Waals surface area (Å²) in [6, 6.07) is 31.7. The molecule has 0 unspecified atom stereocenters. The number of anilines is 1. The van der Waals surface area contributed by atoms with E-state index in [9.17, 15) is 9.59 Å². The van der Waals surface area contributed by atoms with Gasteiger partial charge in [0.25, 0.3) is 5.91 Å². The van der Waals surface area contributed by atoms with Crippen LogP contribution in [-0.2, 0) is 0 Å². The molecule has 6 aromatic rings. The van der Waals surface area contributed by atoms with Gasteiger partial charge in [-0.2, -0.15) is 0 Å². The van der Waals surface area contributed by atoms with E-state index in [1.165, 1.54) is 0 Å². The smallest absolute Gasteiger partial charge is 0.344 e. The molecule has 0 spiro atoms. The highest BCUT2D eigenvalue weighted by atomic mass is 32.1. The summed E-state index contributed by atoms with van der Waals surface area (Å²) in [6.45, 7) is 0. The van der Waals surface area contributed by atoms with Gasteiger partial charge in [-0.1, -0.05) is 54.6 Å². The largest absolute Gasteiger partial charge is 0.422 e. The Kier molecular flexibility index (Phi) is 5.20. The molecule has 0 saturated heterocycles. The van der Waals surface area contributed by atoms with Crippen LogP contribution in [0.2, 0.25) is 0 Å². The van der Waals surface area contributed by atoms with E-state index in [1.807, 2.05) is 66.7 Å². The molecular formula is C29H18N2O3S. The van der Waals surface area contributed by atoms with Crippen LogP contribution in [-0.4, -0.2) is 10.9 Å². The zero-order valence-corrected chi connectivity index (χ0v) is 19.2. The Hall–Kier alpha value is -4.55. The summed E-state index contributed by atoms with van der Waals surface area (Å²) >= 11 is 1.58. The van der Waals surface area contributed by atoms with Crippen LogP contribution >= 0.6 is 11.3 Å². The number of nitrogens with one attached hydrogen (secondary N) is 1. The Morgan fingerprint density at radius 3 is 2.51 bits per heavy atom. The zero-order valence-electron chi connectivity index (χ0n) is 18.4. The van der Waals surface area contributed by atoms with Gasteiger partial charge in [0.05, 0.1) is 21.5 Å². The summed E-state index contributed by atoms with van der Waals surface area (Å²) in [5.74, 6) is -0.273. The van der Waals surface area contributed by atoms with Crippen molar-refractivity contribution in [2.24, 2.45) is 0 Å². The fraction of sp³-hybridized carbons (Fsp3) is 0. The van der Waals surface area contributed by atoms with E-state index in [0.717, 1.165) is 26.2 Å². The average Bonchev–Trinajstić information content (AvgIpc) is 3.33. The molecule has 2 aromatic heterocycles. The molecule has 4 aromatic carbocycles. The maximum absolute atomic E-state index is 13.2. The van der Waals surface area contributed by atoms with Crippen molar-refractivity contribution in [2.75, 3.05) is 5.32 Å². The van der Waals surface area contributed by atoms with Gasteiger partial charge >= 0.3 is 5.63 Å². The molecule has 168 valence electrons. The van der Waals surface area contributed by atoms with Crippen LogP contribution in [0.15, 0.2) is 112 Å². The number of amides is 1. The first-order valence-electron chi connectivity index (χ1n) is 11.1. The fourth-order valence-electron chi connectivity index (χ4n) is 4.05. The van der Waals surface area contributed by atoms with E-state index in [4.69, 9.17) is 9.40 Å². The number of nitrogens with zero attached hydrogens (tertiary/aromatic N) is 1. The summed E-state index contributed by atoms with van der Waals surface area (Å²) in [7, 11) is 0. The Bertz CT molecular complexity index is 1750. The Labute approximate surface area is 204 Å². The number of fused-ring (bicyclic) bond motifs is 2. The first kappa shape index (κ1) is 21.0. The Morgan fingerprint density at radius 1 is 0.800 bits per heavy atom. The van der Waals surface area contributed by atoms with E-state index in [0.29, 0.717) is 28.0 Å². The van der Waals surface area contributed by atoms with Crippen molar-refractivity contribution in [3.63, 3.8) is 0 Å². The van der Waals surface area contributed by atoms with Crippen LogP contribution in [0.4, 0.5) is 5.69 Å². The van der Waals surface area contributed by atoms with Crippen molar-refractivity contribution in [3.8, 4) is 21.7 Å². The molecule has 35 heavy (non-hydrogen) atoms. The number of benzene rings is 4. The Morgan fingerprint density at radius 2 is 1.60 bits per heavy atom. The molecule has 0 saturated carbocycles. The van der Waals surface area contributed by atoms with Crippen molar-refractivity contribution < 1.29 is 9.21 Å². The van der Waals surface area contributed by atoms with Gasteiger partial charge in [0.1, 0.15) is 10.6 Å². The first-order valence-corrected chi connectivity index (χ1v) is 11.9. The van der Waals surface area contributed by atoms with E-state index < -0.39 is 5.63 Å². The van der Waals surface area contributed by atoms with Crippen molar-refractivity contribution >= 4 is 44.1 Å². The predicted octanol–water partition coefficient (Wildman–Crippen LogP) is 6.99. The molecule has 6 rings (SSSR count). The molecule has 0 fully saturated rings. The predicted molar refractivity (Wildman–Crippen MR) is 141 cm³/mol. The SMILES string of the molecule is O=C(Nc1ccccc1-c1nc2ccccc2s1)c1cccc(-c2cc3ccccc3oc2=O)c1. The molecule has 0 bridgehead atoms. The highest BCUT2D eigenvalue weighted by Gasteiger charge is 2.15. The van der Waals surface area contributed by atoms with Crippen LogP contribution in [0.25, 0.3) is 42.9 Å². The molecule has 2 heterocycles. The van der Waals surface area contributed by atoms with Gasteiger partial charge < -0.3 is 9.73 Å². The molecule has 0 aliphatic heterocycles. The minimum atomic E-state index is -0.442. The van der Waals surface area contributed by atoms with Crippen molar-refractivity contribution in [1.82, 2.24) is 4.98 Å². The molecule has 1 amide bonds. The van der Waals surface area contributed by atoms with E-state index >= 15 is 0 Å². The summed E-state index contributed by atoms with van der Waals surface area (Å²) in [4.78, 5) is 30.6. The Balaban J connectivity index is 1.34. The summed E-state index contributed by atoms with van der Waals surface area (Å²) in [5, 5.41) is 4.68. The van der Waals surface area contributed by atoms with Gasteiger partial charge in [0, 0.05) is 16.5 Å². The lowest BCUT2D eigenvalue weighted by Gasteiger charge is -2.10. The zero-order chi connectivity index (χ0) is 23.8. The van der Waals surface area contributed by atoms with Crippen LogP contribution in [0.3, 0.4) is 0 Å². The van der Waals surface area contributed by atoms with E-state index in [-0.39, 0.29) is 5.91 Å². The fourth-order valence-corrected chi connectivity index (χ4v) is 5.06. The maximum Gasteiger partial charge on any atom is 0.344 e. The number of rotatable bonds is 4. The topological polar surface area (TPSA) is 72.2 Å². The van der Waals surface area contributed by atoms with Gasteiger partial charge in [-0.05, 0) is 54.1 Å². The third-order valence-corrected chi connectivity index (χ3v) is 6.85. The number of hydrogen-bond donors (Lipinski definition) is 1. The molecule has 0 radical (unpaired) electrons. The third kappa shape index (κ3) is 4.00. The average molecular weight is 475 g/mol. The molecule has 0 atom stereocenters. The van der Waals surface area contributed by atoms with Gasteiger partial charge in [-0.3, -0.25) is 4.79 Å². The number of carbonyl (C=O) groups is 1. The second-order valence-electron chi connectivity index (χ2n) is 8.05. The highest BCUT2D eigenvalue weighted by Crippen LogP contribution is 2.34. The van der Waals surface area contributed by atoms with Crippen molar-refractivity contribution in [2.45, 2.75) is 0 Å². The monoisotopic (exact) mass is 474 g/mol. The lowest BCUT2D eigenvalue weighted by molar-refractivity contribution is 0.102. The van der Waals surface area contributed by atoms with Gasteiger partial charge in [0.2, 0.25) is 0 Å². The van der Waals surface area contributed by atoms with Gasteiger partial charge in [-0.25, -0.2) is 9.78 Å². The second kappa shape index (κ2) is 8.66. The lowest BCUT2D eigenvalue weighted by atomic mass is 10.0. The molecule has 0 aliphatic carbocycles. The highest BCUT2D eigenvalue weighted by molar-refractivity contribution is 7.21. The van der Waals surface area contributed by atoms with Crippen LogP contribution in [0.5, 0.6) is 0 Å². The molecule has 1 N–H and O–H groups in total. The summed E-state index contributed by atoms with van der Waals surface area (Å²) < 4.78 is 6.56. The maximum atomic E-state index is 13.2.